The van der Waals surface area contributed by atoms with Crippen LogP contribution in [-0.2, 0) is 12.0 Å². The molecule has 0 aliphatic carbocycles. The van der Waals surface area contributed by atoms with E-state index in [4.69, 9.17) is 4.52 Å². The van der Waals surface area contributed by atoms with Crippen LogP contribution < -0.4 is 5.32 Å². The van der Waals surface area contributed by atoms with Gasteiger partial charge in [-0.2, -0.15) is 4.98 Å². The van der Waals surface area contributed by atoms with Crippen molar-refractivity contribution < 1.29 is 4.52 Å². The molecule has 6 heteroatoms. The molecule has 1 aromatic rings. The number of rotatable bonds is 3. The zero-order valence-corrected chi connectivity index (χ0v) is 13.4. The first-order valence-corrected chi connectivity index (χ1v) is 8.04. The third-order valence-electron chi connectivity index (χ3n) is 4.96. The number of piperidine rings is 1. The summed E-state index contributed by atoms with van der Waals surface area (Å²) < 4.78 is 5.56. The Kier molecular flexibility index (Phi) is 4.28. The SMILES string of the molecule is CN1CCN(C)C(Cc2noc(C3(C)CCCCN3)n2)C1. The summed E-state index contributed by atoms with van der Waals surface area (Å²) in [5.41, 5.74) is -0.140. The summed E-state index contributed by atoms with van der Waals surface area (Å²) >= 11 is 0. The lowest BCUT2D eigenvalue weighted by Gasteiger charge is -2.37. The quantitative estimate of drug-likeness (QED) is 0.891. The molecular weight excluding hydrogens is 266 g/mol. The molecule has 1 N–H and O–H groups in total. The van der Waals surface area contributed by atoms with Gasteiger partial charge in [0.2, 0.25) is 5.89 Å². The largest absolute Gasteiger partial charge is 0.337 e. The van der Waals surface area contributed by atoms with Gasteiger partial charge in [-0.25, -0.2) is 0 Å². The standard InChI is InChI=1S/C15H27N5O/c1-15(6-4-5-7-16-15)14-17-13(18-21-14)10-12-11-19(2)8-9-20(12)3/h12,16H,4-11H2,1-3H3. The van der Waals surface area contributed by atoms with E-state index in [0.29, 0.717) is 6.04 Å². The van der Waals surface area contributed by atoms with Gasteiger partial charge in [-0.3, -0.25) is 0 Å². The van der Waals surface area contributed by atoms with Crippen molar-refractivity contribution in [2.24, 2.45) is 0 Å². The fourth-order valence-corrected chi connectivity index (χ4v) is 3.33. The fraction of sp³-hybridized carbons (Fsp3) is 0.867. The first kappa shape index (κ1) is 14.9. The Bertz CT molecular complexity index is 468. The Balaban J connectivity index is 1.67. The highest BCUT2D eigenvalue weighted by atomic mass is 16.5. The van der Waals surface area contributed by atoms with Crippen LogP contribution in [0.3, 0.4) is 0 Å². The molecule has 0 saturated carbocycles. The predicted octanol–water partition coefficient (Wildman–Crippen LogP) is 0.847. The van der Waals surface area contributed by atoms with Crippen molar-refractivity contribution in [2.75, 3.05) is 40.3 Å². The third-order valence-corrected chi connectivity index (χ3v) is 4.96. The smallest absolute Gasteiger partial charge is 0.246 e. The summed E-state index contributed by atoms with van der Waals surface area (Å²) in [6.07, 6.45) is 4.38. The van der Waals surface area contributed by atoms with E-state index < -0.39 is 0 Å². The van der Waals surface area contributed by atoms with Crippen molar-refractivity contribution in [1.82, 2.24) is 25.3 Å². The zero-order valence-electron chi connectivity index (χ0n) is 13.4. The van der Waals surface area contributed by atoms with Crippen LogP contribution in [0.25, 0.3) is 0 Å². The second kappa shape index (κ2) is 6.02. The summed E-state index contributed by atoms with van der Waals surface area (Å²) in [4.78, 5) is 9.44. The molecule has 2 atom stereocenters. The topological polar surface area (TPSA) is 57.4 Å². The molecule has 0 amide bonds. The lowest BCUT2D eigenvalue weighted by molar-refractivity contribution is 0.113. The van der Waals surface area contributed by atoms with Crippen LogP contribution in [0, 0.1) is 0 Å². The molecule has 3 heterocycles. The van der Waals surface area contributed by atoms with Crippen LogP contribution in [-0.4, -0.2) is 66.3 Å². The van der Waals surface area contributed by atoms with Gasteiger partial charge in [0.1, 0.15) is 0 Å². The molecule has 0 spiro atoms. The lowest BCUT2D eigenvalue weighted by Crippen LogP contribution is -2.50. The molecule has 1 aromatic heterocycles. The number of piperazine rings is 1. The minimum absolute atomic E-state index is 0.140. The Hall–Kier alpha value is -0.980. The summed E-state index contributed by atoms with van der Waals surface area (Å²) in [5, 5.41) is 7.75. The molecule has 21 heavy (non-hydrogen) atoms. The van der Waals surface area contributed by atoms with Gasteiger partial charge in [-0.1, -0.05) is 5.16 Å². The molecule has 0 aromatic carbocycles. The summed E-state index contributed by atoms with van der Waals surface area (Å²) in [5.74, 6) is 1.59. The van der Waals surface area contributed by atoms with E-state index in [9.17, 15) is 0 Å². The van der Waals surface area contributed by atoms with Crippen molar-refractivity contribution in [3.8, 4) is 0 Å². The Labute approximate surface area is 126 Å². The molecule has 0 bridgehead atoms. The second-order valence-electron chi connectivity index (χ2n) is 6.83. The van der Waals surface area contributed by atoms with Gasteiger partial charge < -0.3 is 19.6 Å². The highest BCUT2D eigenvalue weighted by Crippen LogP contribution is 2.28. The molecule has 6 nitrogen and oxygen atoms in total. The number of hydrogen-bond acceptors (Lipinski definition) is 6. The van der Waals surface area contributed by atoms with E-state index in [-0.39, 0.29) is 5.54 Å². The number of likely N-dealkylation sites (N-methyl/N-ethyl adjacent to an activating group) is 2. The van der Waals surface area contributed by atoms with E-state index in [1.807, 2.05) is 0 Å². The van der Waals surface area contributed by atoms with Gasteiger partial charge in [0.25, 0.3) is 0 Å². The number of aromatic nitrogens is 2. The minimum Gasteiger partial charge on any atom is -0.337 e. The molecular formula is C15H27N5O. The Morgan fingerprint density at radius 1 is 1.33 bits per heavy atom. The van der Waals surface area contributed by atoms with E-state index in [1.165, 1.54) is 12.8 Å². The van der Waals surface area contributed by atoms with Crippen LogP contribution in [0.4, 0.5) is 0 Å². The second-order valence-corrected chi connectivity index (χ2v) is 6.83. The normalized spacial score (nSPS) is 32.4. The number of nitrogens with zero attached hydrogens (tertiary/aromatic N) is 4. The van der Waals surface area contributed by atoms with E-state index in [1.54, 1.807) is 0 Å². The fourth-order valence-electron chi connectivity index (χ4n) is 3.33. The molecule has 118 valence electrons. The Morgan fingerprint density at radius 3 is 2.95 bits per heavy atom. The van der Waals surface area contributed by atoms with Crippen molar-refractivity contribution >= 4 is 0 Å². The van der Waals surface area contributed by atoms with Gasteiger partial charge >= 0.3 is 0 Å². The molecule has 2 saturated heterocycles. The minimum atomic E-state index is -0.140. The van der Waals surface area contributed by atoms with Gasteiger partial charge in [-0.05, 0) is 46.8 Å². The van der Waals surface area contributed by atoms with Crippen LogP contribution in [0.5, 0.6) is 0 Å². The molecule has 2 aliphatic rings. The molecule has 2 aliphatic heterocycles. The van der Waals surface area contributed by atoms with Crippen molar-refractivity contribution in [3.63, 3.8) is 0 Å². The van der Waals surface area contributed by atoms with Gasteiger partial charge in [0.15, 0.2) is 5.82 Å². The van der Waals surface area contributed by atoms with Crippen molar-refractivity contribution in [2.45, 2.75) is 44.2 Å². The highest BCUT2D eigenvalue weighted by Gasteiger charge is 2.34. The number of nitrogens with one attached hydrogen (secondary N) is 1. The monoisotopic (exact) mass is 293 g/mol. The van der Waals surface area contributed by atoms with Crippen molar-refractivity contribution in [1.29, 1.82) is 0 Å². The predicted molar refractivity (Wildman–Crippen MR) is 81.1 cm³/mol. The van der Waals surface area contributed by atoms with E-state index >= 15 is 0 Å². The lowest BCUT2D eigenvalue weighted by atomic mass is 9.91. The van der Waals surface area contributed by atoms with Crippen LogP contribution >= 0.6 is 0 Å². The summed E-state index contributed by atoms with van der Waals surface area (Å²) in [6, 6.07) is 0.473. The third kappa shape index (κ3) is 3.27. The maximum absolute atomic E-state index is 5.56. The molecule has 3 rings (SSSR count). The first-order chi connectivity index (χ1) is 10.1. The maximum atomic E-state index is 5.56. The Morgan fingerprint density at radius 2 is 2.19 bits per heavy atom. The van der Waals surface area contributed by atoms with Crippen LogP contribution in [0.15, 0.2) is 4.52 Å². The van der Waals surface area contributed by atoms with Gasteiger partial charge in [-0.15, -0.1) is 0 Å². The highest BCUT2D eigenvalue weighted by molar-refractivity contribution is 5.04. The number of hydrogen-bond donors (Lipinski definition) is 1. The molecule has 2 fully saturated rings. The zero-order chi connectivity index (χ0) is 14.9. The van der Waals surface area contributed by atoms with Gasteiger partial charge in [0.05, 0.1) is 5.54 Å². The average Bonchev–Trinajstić information content (AvgIpc) is 2.93. The van der Waals surface area contributed by atoms with Crippen LogP contribution in [0.1, 0.15) is 37.9 Å². The molecule has 0 radical (unpaired) electrons. The molecule has 2 unspecified atom stereocenters. The van der Waals surface area contributed by atoms with Crippen molar-refractivity contribution in [3.05, 3.63) is 11.7 Å². The average molecular weight is 293 g/mol. The first-order valence-electron chi connectivity index (χ1n) is 8.04. The summed E-state index contributed by atoms with van der Waals surface area (Å²) in [6.45, 7) is 6.50. The van der Waals surface area contributed by atoms with Gasteiger partial charge in [0, 0.05) is 32.1 Å². The maximum Gasteiger partial charge on any atom is 0.246 e. The van der Waals surface area contributed by atoms with E-state index in [2.05, 4.69) is 46.3 Å². The van der Waals surface area contributed by atoms with Crippen LogP contribution in [0.2, 0.25) is 0 Å². The van der Waals surface area contributed by atoms with E-state index in [0.717, 1.165) is 50.7 Å². The summed E-state index contributed by atoms with van der Waals surface area (Å²) in [7, 11) is 4.36.